The van der Waals surface area contributed by atoms with Gasteiger partial charge in [0.15, 0.2) is 17.5 Å². The molecule has 0 saturated carbocycles. The number of furan rings is 1. The van der Waals surface area contributed by atoms with Crippen LogP contribution in [0.25, 0.3) is 117 Å². The summed E-state index contributed by atoms with van der Waals surface area (Å²) in [5.41, 5.74) is 14.3. The molecule has 0 unspecified atom stereocenters. The van der Waals surface area contributed by atoms with E-state index in [0.717, 1.165) is 88.6 Å². The molecule has 0 saturated heterocycles. The first-order chi connectivity index (χ1) is 30.7. The molecule has 0 fully saturated rings. The number of para-hydroxylation sites is 2. The molecule has 3 aromatic heterocycles. The summed E-state index contributed by atoms with van der Waals surface area (Å²) in [6.45, 7) is 0. The number of aromatic nitrogens is 4. The van der Waals surface area contributed by atoms with Crippen LogP contribution in [0.15, 0.2) is 223 Å². The molecule has 0 bridgehead atoms. The first-order valence-electron chi connectivity index (χ1n) is 20.9. The zero-order valence-corrected chi connectivity index (χ0v) is 33.5. The van der Waals surface area contributed by atoms with Crippen molar-refractivity contribution in [2.75, 3.05) is 0 Å². The Hall–Kier alpha value is -8.41. The maximum Gasteiger partial charge on any atom is 0.164 e. The maximum absolute atomic E-state index is 6.78. The Balaban J connectivity index is 1.16. The molecule has 0 atom stereocenters. The van der Waals surface area contributed by atoms with Gasteiger partial charge < -0.3 is 8.98 Å². The predicted octanol–water partition coefficient (Wildman–Crippen LogP) is 14.9. The lowest BCUT2D eigenvalue weighted by Gasteiger charge is -2.15. The first-order valence-corrected chi connectivity index (χ1v) is 20.9. The Morgan fingerprint density at radius 2 is 0.855 bits per heavy atom. The highest BCUT2D eigenvalue weighted by molar-refractivity contribution is 6.29. The van der Waals surface area contributed by atoms with Crippen LogP contribution in [-0.4, -0.2) is 19.5 Å². The van der Waals surface area contributed by atoms with Crippen molar-refractivity contribution in [3.8, 4) is 73.2 Å². The molecule has 0 radical (unpaired) electrons. The van der Waals surface area contributed by atoms with E-state index < -0.39 is 0 Å². The van der Waals surface area contributed by atoms with E-state index in [1.165, 1.54) is 10.9 Å². The van der Waals surface area contributed by atoms with E-state index in [2.05, 4.69) is 187 Å². The second-order valence-electron chi connectivity index (χ2n) is 15.5. The Kier molecular flexibility index (Phi) is 8.42. The summed E-state index contributed by atoms with van der Waals surface area (Å²) in [4.78, 5) is 15.6. The van der Waals surface area contributed by atoms with E-state index in [0.29, 0.717) is 17.5 Å². The van der Waals surface area contributed by atoms with E-state index >= 15 is 0 Å². The van der Waals surface area contributed by atoms with Gasteiger partial charge in [-0.25, -0.2) is 15.0 Å². The van der Waals surface area contributed by atoms with Gasteiger partial charge in [-0.3, -0.25) is 0 Å². The topological polar surface area (TPSA) is 56.7 Å². The van der Waals surface area contributed by atoms with Gasteiger partial charge in [-0.2, -0.15) is 0 Å². The van der Waals surface area contributed by atoms with Gasteiger partial charge in [0.1, 0.15) is 11.2 Å². The summed E-state index contributed by atoms with van der Waals surface area (Å²) in [6, 6.07) is 76.2. The van der Waals surface area contributed by atoms with Gasteiger partial charge in [0.2, 0.25) is 0 Å². The fraction of sp³-hybridized carbons (Fsp3) is 0. The van der Waals surface area contributed by atoms with Gasteiger partial charge in [-0.15, -0.1) is 0 Å². The van der Waals surface area contributed by atoms with Crippen LogP contribution >= 0.6 is 0 Å². The lowest BCUT2D eigenvalue weighted by Crippen LogP contribution is -2.01. The third-order valence-corrected chi connectivity index (χ3v) is 11.9. The van der Waals surface area contributed by atoms with Crippen LogP contribution in [0.5, 0.6) is 0 Å². The van der Waals surface area contributed by atoms with Gasteiger partial charge in [0, 0.05) is 43.9 Å². The van der Waals surface area contributed by atoms with Crippen LogP contribution in [0.4, 0.5) is 0 Å². The second-order valence-corrected chi connectivity index (χ2v) is 15.5. The maximum atomic E-state index is 6.78. The minimum Gasteiger partial charge on any atom is -0.456 e. The van der Waals surface area contributed by atoms with Crippen molar-refractivity contribution < 1.29 is 4.42 Å². The van der Waals surface area contributed by atoms with E-state index in [1.54, 1.807) is 0 Å². The van der Waals surface area contributed by atoms with Crippen molar-refractivity contribution in [1.29, 1.82) is 0 Å². The minimum atomic E-state index is 0.587. The Morgan fingerprint density at radius 1 is 0.306 bits per heavy atom. The minimum absolute atomic E-state index is 0.587. The molecule has 290 valence electrons. The summed E-state index contributed by atoms with van der Waals surface area (Å²) in [5.74, 6) is 1.81. The number of rotatable bonds is 7. The summed E-state index contributed by atoms with van der Waals surface area (Å²) < 4.78 is 9.14. The van der Waals surface area contributed by atoms with Crippen molar-refractivity contribution >= 4 is 43.7 Å². The van der Waals surface area contributed by atoms with Gasteiger partial charge in [0.05, 0.1) is 11.0 Å². The molecule has 5 heteroatoms. The van der Waals surface area contributed by atoms with Crippen LogP contribution in [0, 0.1) is 0 Å². The Bertz CT molecular complexity index is 3560. The number of fused-ring (bicyclic) bond motifs is 7. The molecule has 12 rings (SSSR count). The van der Waals surface area contributed by atoms with Gasteiger partial charge >= 0.3 is 0 Å². The molecule has 62 heavy (non-hydrogen) atoms. The van der Waals surface area contributed by atoms with Gasteiger partial charge in [-0.1, -0.05) is 170 Å². The Morgan fingerprint density at radius 3 is 1.56 bits per heavy atom. The highest BCUT2D eigenvalue weighted by atomic mass is 16.3. The molecule has 0 N–H and O–H groups in total. The second kappa shape index (κ2) is 14.7. The summed E-state index contributed by atoms with van der Waals surface area (Å²) in [5, 5.41) is 4.45. The molecule has 0 spiro atoms. The SMILES string of the molecule is c1ccc(-c2cccc(-c3ccc(-c4cccc5oc6ccc7c(c8ccccc8n7-c7ccccc7)c6c45)c(-c4nc(-c5ccccc5)nc(-c5ccccc5)n4)c3)c2)cc1. The smallest absolute Gasteiger partial charge is 0.164 e. The number of nitrogens with zero attached hydrogens (tertiary/aromatic N) is 4. The fourth-order valence-corrected chi connectivity index (χ4v) is 9.03. The van der Waals surface area contributed by atoms with Crippen LogP contribution < -0.4 is 0 Å². The number of hydrogen-bond donors (Lipinski definition) is 0. The summed E-state index contributed by atoms with van der Waals surface area (Å²) >= 11 is 0. The normalized spacial score (nSPS) is 11.5. The lowest BCUT2D eigenvalue weighted by atomic mass is 9.90. The Labute approximate surface area is 357 Å². The van der Waals surface area contributed by atoms with Crippen LogP contribution in [0.3, 0.4) is 0 Å². The van der Waals surface area contributed by atoms with Crippen molar-refractivity contribution in [1.82, 2.24) is 19.5 Å². The van der Waals surface area contributed by atoms with E-state index in [1.807, 2.05) is 36.4 Å². The van der Waals surface area contributed by atoms with Crippen LogP contribution in [0.1, 0.15) is 0 Å². The zero-order chi connectivity index (χ0) is 41.0. The quantitative estimate of drug-likeness (QED) is 0.161. The molecular weight excluding hydrogens is 757 g/mol. The van der Waals surface area contributed by atoms with Gasteiger partial charge in [-0.05, 0) is 81.9 Å². The molecule has 12 aromatic rings. The molecule has 5 nitrogen and oxygen atoms in total. The largest absolute Gasteiger partial charge is 0.456 e. The average molecular weight is 793 g/mol. The predicted molar refractivity (Wildman–Crippen MR) is 254 cm³/mol. The molecule has 0 aliphatic carbocycles. The molecular formula is C57H36N4O. The van der Waals surface area contributed by atoms with Crippen molar-refractivity contribution in [2.24, 2.45) is 0 Å². The van der Waals surface area contributed by atoms with E-state index in [-0.39, 0.29) is 0 Å². The summed E-state index contributed by atoms with van der Waals surface area (Å²) in [7, 11) is 0. The highest BCUT2D eigenvalue weighted by Crippen LogP contribution is 2.46. The lowest BCUT2D eigenvalue weighted by molar-refractivity contribution is 0.669. The molecule has 9 aromatic carbocycles. The first kappa shape index (κ1) is 35.5. The fourth-order valence-electron chi connectivity index (χ4n) is 9.03. The average Bonchev–Trinajstić information content (AvgIpc) is 3.91. The molecule has 0 amide bonds. The molecule has 0 aliphatic rings. The van der Waals surface area contributed by atoms with Crippen molar-refractivity contribution in [3.05, 3.63) is 218 Å². The highest BCUT2D eigenvalue weighted by Gasteiger charge is 2.23. The van der Waals surface area contributed by atoms with Crippen molar-refractivity contribution in [3.63, 3.8) is 0 Å². The number of benzene rings is 9. The third kappa shape index (κ3) is 5.98. The summed E-state index contributed by atoms with van der Waals surface area (Å²) in [6.07, 6.45) is 0. The van der Waals surface area contributed by atoms with Crippen LogP contribution in [-0.2, 0) is 0 Å². The van der Waals surface area contributed by atoms with E-state index in [4.69, 9.17) is 19.4 Å². The molecule has 0 aliphatic heterocycles. The molecule has 3 heterocycles. The monoisotopic (exact) mass is 792 g/mol. The third-order valence-electron chi connectivity index (χ3n) is 11.9. The zero-order valence-electron chi connectivity index (χ0n) is 33.5. The van der Waals surface area contributed by atoms with Crippen molar-refractivity contribution in [2.45, 2.75) is 0 Å². The van der Waals surface area contributed by atoms with Crippen LogP contribution in [0.2, 0.25) is 0 Å². The number of hydrogen-bond acceptors (Lipinski definition) is 4. The standard InChI is InChI=1S/C57H36N4O/c1-5-17-37(18-6-1)40-23-15-24-41(35-40)42-31-32-44(47(36-42)57-59-55(38-19-7-2-8-20-38)58-56(60-57)39-21-9-3-10-22-39)45-28-16-30-50-53(45)54-51(62-50)34-33-49-52(54)46-27-13-14-29-48(46)61(49)43-25-11-4-12-26-43/h1-36H. The van der Waals surface area contributed by atoms with Gasteiger partial charge in [0.25, 0.3) is 0 Å². The van der Waals surface area contributed by atoms with E-state index in [9.17, 15) is 0 Å².